The highest BCUT2D eigenvalue weighted by atomic mass is 32.2. The molecule has 2 aromatic rings. The molecule has 0 aliphatic carbocycles. The summed E-state index contributed by atoms with van der Waals surface area (Å²) in [6, 6.07) is 11.4. The summed E-state index contributed by atoms with van der Waals surface area (Å²) < 4.78 is 37.6. The predicted octanol–water partition coefficient (Wildman–Crippen LogP) is 3.44. The molecule has 0 heterocycles. The van der Waals surface area contributed by atoms with E-state index >= 15 is 0 Å². The van der Waals surface area contributed by atoms with Gasteiger partial charge in [-0.05, 0) is 54.8 Å². The maximum absolute atomic E-state index is 12.8. The van der Waals surface area contributed by atoms with Crippen molar-refractivity contribution < 1.29 is 22.7 Å². The molecule has 0 aliphatic heterocycles. The van der Waals surface area contributed by atoms with E-state index in [1.165, 1.54) is 28.6 Å². The molecule has 0 aliphatic rings. The van der Waals surface area contributed by atoms with Crippen LogP contribution in [-0.4, -0.2) is 45.9 Å². The van der Waals surface area contributed by atoms with Crippen LogP contribution in [0.25, 0.3) is 0 Å². The molecule has 0 unspecified atom stereocenters. The van der Waals surface area contributed by atoms with Crippen LogP contribution in [0.5, 0.6) is 11.5 Å². The zero-order valence-electron chi connectivity index (χ0n) is 18.0. The van der Waals surface area contributed by atoms with E-state index < -0.39 is 10.0 Å². The Hall–Kier alpha value is -2.58. The lowest BCUT2D eigenvalue weighted by molar-refractivity contribution is 0.0950. The molecule has 0 spiro atoms. The number of hydrogen-bond acceptors (Lipinski definition) is 5. The molecule has 0 fully saturated rings. The number of amides is 1. The first kappa shape index (κ1) is 23.7. The van der Waals surface area contributed by atoms with Gasteiger partial charge in [-0.15, -0.1) is 0 Å². The second kappa shape index (κ2) is 11.0. The molecule has 7 nitrogen and oxygen atoms in total. The zero-order chi connectivity index (χ0) is 22.1. The number of benzene rings is 2. The lowest BCUT2D eigenvalue weighted by Gasteiger charge is -2.21. The van der Waals surface area contributed by atoms with Gasteiger partial charge in [0, 0.05) is 31.3 Å². The molecule has 2 rings (SSSR count). The van der Waals surface area contributed by atoms with Crippen LogP contribution in [0.1, 0.15) is 42.6 Å². The van der Waals surface area contributed by atoms with E-state index in [0.717, 1.165) is 18.4 Å². The second-order valence-electron chi connectivity index (χ2n) is 6.83. The minimum absolute atomic E-state index is 0.193. The molecular formula is C22H30N2O5S. The number of carbonyl (C=O) groups excluding carboxylic acids is 1. The van der Waals surface area contributed by atoms with Crippen molar-refractivity contribution in [2.75, 3.05) is 27.3 Å². The van der Waals surface area contributed by atoms with Crippen molar-refractivity contribution in [2.45, 2.75) is 38.1 Å². The quantitative estimate of drug-likeness (QED) is 0.586. The van der Waals surface area contributed by atoms with Crippen molar-refractivity contribution in [3.8, 4) is 11.5 Å². The molecule has 0 bridgehead atoms. The van der Waals surface area contributed by atoms with Crippen LogP contribution < -0.4 is 14.8 Å². The molecule has 0 saturated carbocycles. The van der Waals surface area contributed by atoms with Gasteiger partial charge in [0.2, 0.25) is 10.0 Å². The molecule has 1 amide bonds. The molecule has 0 radical (unpaired) electrons. The van der Waals surface area contributed by atoms with Gasteiger partial charge in [0.25, 0.3) is 5.91 Å². The summed E-state index contributed by atoms with van der Waals surface area (Å²) >= 11 is 0. The van der Waals surface area contributed by atoms with Crippen molar-refractivity contribution in [3.05, 3.63) is 53.6 Å². The normalized spacial score (nSPS) is 11.4. The molecule has 0 atom stereocenters. The van der Waals surface area contributed by atoms with Crippen LogP contribution in [0.2, 0.25) is 0 Å². The highest BCUT2D eigenvalue weighted by Crippen LogP contribution is 2.22. The average molecular weight is 435 g/mol. The summed E-state index contributed by atoms with van der Waals surface area (Å²) in [5, 5.41) is 2.83. The van der Waals surface area contributed by atoms with Crippen molar-refractivity contribution >= 4 is 15.9 Å². The largest absolute Gasteiger partial charge is 0.497 e. The number of nitrogens with zero attached hydrogens (tertiary/aromatic N) is 1. The van der Waals surface area contributed by atoms with Gasteiger partial charge in [0.1, 0.15) is 11.5 Å². The highest BCUT2D eigenvalue weighted by molar-refractivity contribution is 7.89. The fourth-order valence-electron chi connectivity index (χ4n) is 3.03. The van der Waals surface area contributed by atoms with Crippen molar-refractivity contribution in [3.63, 3.8) is 0 Å². The minimum Gasteiger partial charge on any atom is -0.497 e. The molecule has 1 N–H and O–H groups in total. The van der Waals surface area contributed by atoms with Gasteiger partial charge in [0.05, 0.1) is 19.1 Å². The third-order valence-electron chi connectivity index (χ3n) is 4.56. The first-order valence-electron chi connectivity index (χ1n) is 9.96. The maximum Gasteiger partial charge on any atom is 0.251 e. The van der Waals surface area contributed by atoms with Gasteiger partial charge >= 0.3 is 0 Å². The summed E-state index contributed by atoms with van der Waals surface area (Å²) in [7, 11) is -0.436. The Kier molecular flexibility index (Phi) is 8.68. The summed E-state index contributed by atoms with van der Waals surface area (Å²) in [5.74, 6) is 0.980. The van der Waals surface area contributed by atoms with Crippen LogP contribution in [0, 0.1) is 0 Å². The van der Waals surface area contributed by atoms with Crippen LogP contribution in [0.3, 0.4) is 0 Å². The second-order valence-corrected chi connectivity index (χ2v) is 8.77. The third-order valence-corrected chi connectivity index (χ3v) is 6.48. The predicted molar refractivity (Wildman–Crippen MR) is 116 cm³/mol. The van der Waals surface area contributed by atoms with Crippen LogP contribution in [-0.2, 0) is 16.6 Å². The summed E-state index contributed by atoms with van der Waals surface area (Å²) in [5.41, 5.74) is 1.22. The number of rotatable bonds is 11. The number of ether oxygens (including phenoxy) is 2. The summed E-state index contributed by atoms with van der Waals surface area (Å²) in [6.45, 7) is 5.13. The third kappa shape index (κ3) is 5.96. The Labute approximate surface area is 179 Å². The molecule has 30 heavy (non-hydrogen) atoms. The molecule has 0 aromatic heterocycles. The van der Waals surface area contributed by atoms with Gasteiger partial charge in [-0.2, -0.15) is 4.31 Å². The van der Waals surface area contributed by atoms with Crippen LogP contribution >= 0.6 is 0 Å². The van der Waals surface area contributed by atoms with Crippen molar-refractivity contribution in [2.24, 2.45) is 0 Å². The van der Waals surface area contributed by atoms with Crippen molar-refractivity contribution in [1.29, 1.82) is 0 Å². The van der Waals surface area contributed by atoms with Gasteiger partial charge in [-0.1, -0.05) is 13.8 Å². The first-order valence-corrected chi connectivity index (χ1v) is 11.4. The zero-order valence-corrected chi connectivity index (χ0v) is 18.8. The Morgan fingerprint density at radius 3 is 1.93 bits per heavy atom. The van der Waals surface area contributed by atoms with E-state index in [1.54, 1.807) is 20.3 Å². The molecule has 8 heteroatoms. The lowest BCUT2D eigenvalue weighted by atomic mass is 10.1. The molecular weight excluding hydrogens is 404 g/mol. The Balaban J connectivity index is 2.10. The highest BCUT2D eigenvalue weighted by Gasteiger charge is 2.23. The number of methoxy groups -OCH3 is 2. The Bertz CT molecular complexity index is 914. The minimum atomic E-state index is -3.56. The van der Waals surface area contributed by atoms with Gasteiger partial charge in [-0.3, -0.25) is 4.79 Å². The van der Waals surface area contributed by atoms with E-state index in [-0.39, 0.29) is 17.3 Å². The monoisotopic (exact) mass is 434 g/mol. The summed E-state index contributed by atoms with van der Waals surface area (Å²) in [4.78, 5) is 12.7. The van der Waals surface area contributed by atoms with Crippen LogP contribution in [0.4, 0.5) is 0 Å². The van der Waals surface area contributed by atoms with Gasteiger partial charge in [0.15, 0.2) is 0 Å². The topological polar surface area (TPSA) is 84.9 Å². The van der Waals surface area contributed by atoms with E-state index in [1.807, 2.05) is 26.0 Å². The van der Waals surface area contributed by atoms with Gasteiger partial charge < -0.3 is 14.8 Å². The Morgan fingerprint density at radius 2 is 1.47 bits per heavy atom. The SMILES string of the molecule is CCCN(CCC)S(=O)(=O)c1ccc(C(=O)NCc2cc(OC)cc(OC)c2)cc1. The standard InChI is InChI=1S/C22H30N2O5S/c1-5-11-24(12-6-2)30(26,27)21-9-7-18(8-10-21)22(25)23-16-17-13-19(28-3)15-20(14-17)29-4/h7-10,13-15H,5-6,11-12,16H2,1-4H3,(H,23,25). The van der Waals surface area contributed by atoms with E-state index in [9.17, 15) is 13.2 Å². The molecule has 164 valence electrons. The number of nitrogens with one attached hydrogen (secondary N) is 1. The van der Waals surface area contributed by atoms with E-state index in [4.69, 9.17) is 9.47 Å². The first-order chi connectivity index (χ1) is 14.3. The number of hydrogen-bond donors (Lipinski definition) is 1. The van der Waals surface area contributed by atoms with E-state index in [0.29, 0.717) is 30.2 Å². The van der Waals surface area contributed by atoms with Crippen LogP contribution in [0.15, 0.2) is 47.4 Å². The fraction of sp³-hybridized carbons (Fsp3) is 0.409. The maximum atomic E-state index is 12.8. The summed E-state index contributed by atoms with van der Waals surface area (Å²) in [6.07, 6.45) is 1.49. The smallest absolute Gasteiger partial charge is 0.251 e. The van der Waals surface area contributed by atoms with Gasteiger partial charge in [-0.25, -0.2) is 8.42 Å². The van der Waals surface area contributed by atoms with Crippen molar-refractivity contribution in [1.82, 2.24) is 9.62 Å². The fourth-order valence-corrected chi connectivity index (χ4v) is 4.66. The Morgan fingerprint density at radius 1 is 0.933 bits per heavy atom. The average Bonchev–Trinajstić information content (AvgIpc) is 2.77. The lowest BCUT2D eigenvalue weighted by Crippen LogP contribution is -2.32. The number of carbonyl (C=O) groups is 1. The van der Waals surface area contributed by atoms with E-state index in [2.05, 4.69) is 5.32 Å². The molecule has 0 saturated heterocycles. The number of sulfonamides is 1. The molecule has 2 aromatic carbocycles.